The molecule has 0 fully saturated rings. The zero-order chi connectivity index (χ0) is 27.6. The molecule has 0 heterocycles. The summed E-state index contributed by atoms with van der Waals surface area (Å²) < 4.78 is 39.0. The minimum Gasteiger partial charge on any atom is -0.870 e. The van der Waals surface area contributed by atoms with Crippen LogP contribution in [0.2, 0.25) is 10.0 Å². The molecule has 13 heteroatoms. The first kappa shape index (κ1) is 30.8. The van der Waals surface area contributed by atoms with E-state index in [1.807, 2.05) is 0 Å². The molecular formula is C26H20Cl2N3NaO6S. The smallest absolute Gasteiger partial charge is 0.870 e. The molecule has 4 aromatic carbocycles. The van der Waals surface area contributed by atoms with Crippen molar-refractivity contribution in [1.82, 2.24) is 0 Å². The van der Waals surface area contributed by atoms with Gasteiger partial charge in [-0.1, -0.05) is 66.2 Å². The number of nitrogens with zero attached hydrogens (tertiary/aromatic N) is 2. The second-order valence-corrected chi connectivity index (χ2v) is 10.3. The molecule has 0 aliphatic heterocycles. The van der Waals surface area contributed by atoms with E-state index in [0.29, 0.717) is 28.5 Å². The third kappa shape index (κ3) is 6.55. The van der Waals surface area contributed by atoms with Crippen LogP contribution in [-0.2, 0) is 16.5 Å². The minimum absolute atomic E-state index is 0. The van der Waals surface area contributed by atoms with Gasteiger partial charge in [-0.25, -0.2) is 0 Å². The van der Waals surface area contributed by atoms with E-state index in [0.717, 1.165) is 6.07 Å². The van der Waals surface area contributed by atoms with E-state index < -0.39 is 26.7 Å². The van der Waals surface area contributed by atoms with Gasteiger partial charge < -0.3 is 15.2 Å². The SMILES string of the molecule is CCc1cc(Cl)cc(S(=O)(=O)O)c1N=Nc1c([O-])c(C(=O)Nc2c(Cl)cccc2OC)cc2ccccc12.[Na+]. The van der Waals surface area contributed by atoms with Crippen molar-refractivity contribution in [2.75, 3.05) is 12.4 Å². The molecule has 0 unspecified atom stereocenters. The zero-order valence-corrected chi connectivity index (χ0v) is 25.4. The quantitative estimate of drug-likeness (QED) is 0.189. The van der Waals surface area contributed by atoms with Gasteiger partial charge in [0.1, 0.15) is 22.0 Å². The number of anilines is 1. The number of methoxy groups -OCH3 is 1. The van der Waals surface area contributed by atoms with Crippen LogP contribution in [0.1, 0.15) is 22.8 Å². The molecular weight excluding hydrogens is 576 g/mol. The summed E-state index contributed by atoms with van der Waals surface area (Å²) in [7, 11) is -3.30. The van der Waals surface area contributed by atoms with Crippen LogP contribution in [0.25, 0.3) is 10.8 Å². The topological polar surface area (TPSA) is 140 Å². The van der Waals surface area contributed by atoms with E-state index in [1.165, 1.54) is 19.2 Å². The van der Waals surface area contributed by atoms with Gasteiger partial charge in [-0.15, -0.1) is 5.11 Å². The van der Waals surface area contributed by atoms with Gasteiger partial charge in [0.25, 0.3) is 16.0 Å². The Morgan fingerprint density at radius 3 is 2.41 bits per heavy atom. The number of fused-ring (bicyclic) bond motifs is 1. The maximum atomic E-state index is 13.5. The molecule has 0 aliphatic rings. The Morgan fingerprint density at radius 2 is 1.74 bits per heavy atom. The fraction of sp³-hybridized carbons (Fsp3) is 0.115. The molecule has 0 saturated heterocycles. The van der Waals surface area contributed by atoms with Crippen molar-refractivity contribution in [2.24, 2.45) is 10.2 Å². The number of nitrogens with one attached hydrogen (secondary N) is 1. The van der Waals surface area contributed by atoms with Crippen molar-refractivity contribution in [3.63, 3.8) is 0 Å². The van der Waals surface area contributed by atoms with E-state index in [4.69, 9.17) is 27.9 Å². The molecule has 0 bridgehead atoms. The number of halogens is 2. The van der Waals surface area contributed by atoms with Gasteiger partial charge in [-0.05, 0) is 47.7 Å². The number of hydrogen-bond donors (Lipinski definition) is 2. The largest absolute Gasteiger partial charge is 1.00 e. The Balaban J connectivity index is 0.00000420. The number of azo groups is 1. The third-order valence-corrected chi connectivity index (χ3v) is 7.08. The van der Waals surface area contributed by atoms with Crippen molar-refractivity contribution >= 4 is 67.1 Å². The van der Waals surface area contributed by atoms with Gasteiger partial charge in [0.05, 0.1) is 17.8 Å². The molecule has 196 valence electrons. The Kier molecular flexibility index (Phi) is 10.0. The van der Waals surface area contributed by atoms with Crippen LogP contribution in [-0.4, -0.2) is 26.0 Å². The van der Waals surface area contributed by atoms with E-state index in [2.05, 4.69) is 15.5 Å². The Morgan fingerprint density at radius 1 is 1.05 bits per heavy atom. The molecule has 2 N–H and O–H groups in total. The summed E-state index contributed by atoms with van der Waals surface area (Å²) in [6.45, 7) is 1.74. The molecule has 1 amide bonds. The molecule has 0 aliphatic carbocycles. The van der Waals surface area contributed by atoms with Gasteiger partial charge in [0.15, 0.2) is 0 Å². The second-order valence-electron chi connectivity index (χ2n) is 8.03. The number of hydrogen-bond acceptors (Lipinski definition) is 7. The number of carbonyl (C=O) groups is 1. The van der Waals surface area contributed by atoms with Crippen molar-refractivity contribution < 1.29 is 57.2 Å². The van der Waals surface area contributed by atoms with Crippen LogP contribution in [0, 0.1) is 0 Å². The Bertz CT molecular complexity index is 1710. The molecule has 4 aromatic rings. The molecule has 4 rings (SSSR count). The standard InChI is InChI=1S/C26H21Cl2N3O6S.Na/c1-3-14-11-16(27)13-21(38(34,35)36)22(14)30-31-23-17-8-5-4-7-15(17)12-18(25(23)32)26(33)29-24-19(28)9-6-10-20(24)37-2;/h4-13,32H,3H2,1-2H3,(H,29,33)(H,34,35,36);/q;+1/p-1. The summed E-state index contributed by atoms with van der Waals surface area (Å²) in [5.74, 6) is -1.22. The van der Waals surface area contributed by atoms with Gasteiger partial charge in [0, 0.05) is 16.0 Å². The number of amides is 1. The number of rotatable bonds is 7. The molecule has 39 heavy (non-hydrogen) atoms. The average Bonchev–Trinajstić information content (AvgIpc) is 2.88. The molecule has 9 nitrogen and oxygen atoms in total. The van der Waals surface area contributed by atoms with Crippen LogP contribution >= 0.6 is 23.2 Å². The molecule has 0 radical (unpaired) electrons. The van der Waals surface area contributed by atoms with Crippen molar-refractivity contribution in [1.29, 1.82) is 0 Å². The summed E-state index contributed by atoms with van der Waals surface area (Å²) >= 11 is 12.3. The van der Waals surface area contributed by atoms with Crippen LogP contribution < -0.4 is 44.7 Å². The monoisotopic (exact) mass is 595 g/mol. The second kappa shape index (κ2) is 12.6. The Hall–Kier alpha value is -2.70. The number of carbonyl (C=O) groups excluding carboxylic acids is 1. The first-order valence-corrected chi connectivity index (χ1v) is 13.3. The maximum Gasteiger partial charge on any atom is 1.00 e. The van der Waals surface area contributed by atoms with Crippen LogP contribution in [0.3, 0.4) is 0 Å². The van der Waals surface area contributed by atoms with Crippen molar-refractivity contribution in [3.05, 3.63) is 81.8 Å². The Labute approximate surface area is 256 Å². The summed E-state index contributed by atoms with van der Waals surface area (Å²) in [6.07, 6.45) is 0.310. The van der Waals surface area contributed by atoms with Crippen LogP contribution in [0.5, 0.6) is 11.5 Å². The number of para-hydroxylation sites is 1. The summed E-state index contributed by atoms with van der Waals surface area (Å²) in [5, 5.41) is 25.4. The van der Waals surface area contributed by atoms with Gasteiger partial charge >= 0.3 is 29.6 Å². The molecule has 0 aromatic heterocycles. The van der Waals surface area contributed by atoms with E-state index >= 15 is 0 Å². The summed E-state index contributed by atoms with van der Waals surface area (Å²) in [5.41, 5.74) is -0.0491. The van der Waals surface area contributed by atoms with Gasteiger partial charge in [-0.2, -0.15) is 13.5 Å². The van der Waals surface area contributed by atoms with E-state index in [-0.39, 0.29) is 62.2 Å². The molecule has 0 spiro atoms. The molecule has 0 saturated carbocycles. The third-order valence-electron chi connectivity index (χ3n) is 5.68. The maximum absolute atomic E-state index is 13.5. The first-order chi connectivity index (χ1) is 18.0. The predicted molar refractivity (Wildman–Crippen MR) is 144 cm³/mol. The predicted octanol–water partition coefficient (Wildman–Crippen LogP) is 3.71. The van der Waals surface area contributed by atoms with E-state index in [9.17, 15) is 22.9 Å². The fourth-order valence-corrected chi connectivity index (χ4v) is 5.07. The molecule has 0 atom stereocenters. The van der Waals surface area contributed by atoms with Gasteiger partial charge in [-0.3, -0.25) is 9.35 Å². The zero-order valence-electron chi connectivity index (χ0n) is 21.0. The average molecular weight is 596 g/mol. The van der Waals surface area contributed by atoms with Crippen molar-refractivity contribution in [2.45, 2.75) is 18.2 Å². The normalized spacial score (nSPS) is 11.4. The van der Waals surface area contributed by atoms with Crippen LogP contribution in [0.4, 0.5) is 17.1 Å². The van der Waals surface area contributed by atoms with E-state index in [1.54, 1.807) is 49.4 Å². The number of aryl methyl sites for hydroxylation is 1. The van der Waals surface area contributed by atoms with Crippen molar-refractivity contribution in [3.8, 4) is 11.5 Å². The number of benzene rings is 4. The summed E-state index contributed by atoms with van der Waals surface area (Å²) in [4.78, 5) is 12.7. The summed E-state index contributed by atoms with van der Waals surface area (Å²) in [6, 6.07) is 15.5. The minimum atomic E-state index is -4.72. The fourth-order valence-electron chi connectivity index (χ4n) is 3.86. The first-order valence-electron chi connectivity index (χ1n) is 11.1. The van der Waals surface area contributed by atoms with Crippen LogP contribution in [0.15, 0.2) is 75.8 Å². The van der Waals surface area contributed by atoms with Gasteiger partial charge in [0.2, 0.25) is 0 Å². The number of ether oxygens (including phenoxy) is 1.